The Hall–Kier alpha value is 0.137. The second-order valence-electron chi connectivity index (χ2n) is 3.80. The lowest BCUT2D eigenvalue weighted by Crippen LogP contribution is -2.28. The molecule has 0 aromatic carbocycles. The predicted molar refractivity (Wildman–Crippen MR) is 41.1 cm³/mol. The van der Waals surface area contributed by atoms with Gasteiger partial charge in [-0.1, -0.05) is 13.1 Å². The summed E-state index contributed by atoms with van der Waals surface area (Å²) in [6, 6.07) is 2.16. The monoisotopic (exact) mass is 145 g/mol. The fraction of sp³-hybridized carbons (Fsp3) is 1.00. The van der Waals surface area contributed by atoms with Crippen LogP contribution in [-0.2, 0) is 0 Å². The largest absolute Gasteiger partial charge is 0.392 e. The third-order valence-electron chi connectivity index (χ3n) is 2.04. The zero-order valence-electron chi connectivity index (χ0n) is 6.09. The molecule has 1 aliphatic rings. The summed E-state index contributed by atoms with van der Waals surface area (Å²) in [6.07, 6.45) is -0.202. The highest BCUT2D eigenvalue weighted by Gasteiger charge is 2.37. The maximum absolute atomic E-state index is 9.24. The maximum Gasteiger partial charge on any atom is 0.0665 e. The summed E-state index contributed by atoms with van der Waals surface area (Å²) in [4.78, 5) is 0. The smallest absolute Gasteiger partial charge is 0.0665 e. The van der Waals surface area contributed by atoms with Gasteiger partial charge in [0.2, 0.25) is 0 Å². The molecule has 0 aromatic heterocycles. The second kappa shape index (κ2) is 2.07. The minimum absolute atomic E-state index is 0.0756. The van der Waals surface area contributed by atoms with Crippen LogP contribution in [0.5, 0.6) is 0 Å². The van der Waals surface area contributed by atoms with E-state index in [2.05, 4.69) is 13.1 Å². The standard InChI is InChI=1S/C6H15NOSi/c1-9(2)3-5(7)6(8)4-9/h5-6,8H,3-4,7H2,1-2H3/t5-,6-/m1/s1. The van der Waals surface area contributed by atoms with Crippen molar-refractivity contribution >= 4 is 8.07 Å². The molecule has 9 heavy (non-hydrogen) atoms. The van der Waals surface area contributed by atoms with Gasteiger partial charge < -0.3 is 10.8 Å². The summed E-state index contributed by atoms with van der Waals surface area (Å²) < 4.78 is 0. The highest BCUT2D eigenvalue weighted by molar-refractivity contribution is 6.78. The molecule has 0 unspecified atom stereocenters. The molecule has 0 aliphatic carbocycles. The first-order valence-corrected chi connectivity index (χ1v) is 6.86. The summed E-state index contributed by atoms with van der Waals surface area (Å²) in [6.45, 7) is 4.56. The van der Waals surface area contributed by atoms with Gasteiger partial charge in [0, 0.05) is 6.04 Å². The maximum atomic E-state index is 9.24. The summed E-state index contributed by atoms with van der Waals surface area (Å²) in [7, 11) is -1.04. The van der Waals surface area contributed by atoms with Gasteiger partial charge in [-0.3, -0.25) is 0 Å². The van der Waals surface area contributed by atoms with Crippen molar-refractivity contribution in [1.29, 1.82) is 0 Å². The second-order valence-corrected chi connectivity index (χ2v) is 8.95. The summed E-state index contributed by atoms with van der Waals surface area (Å²) in [5.74, 6) is 0. The number of nitrogens with two attached hydrogens (primary N) is 1. The normalized spacial score (nSPS) is 41.3. The van der Waals surface area contributed by atoms with E-state index in [1.54, 1.807) is 0 Å². The zero-order chi connectivity index (χ0) is 7.07. The molecule has 0 amide bonds. The van der Waals surface area contributed by atoms with Crippen LogP contribution in [0.4, 0.5) is 0 Å². The van der Waals surface area contributed by atoms with Gasteiger partial charge in [0.1, 0.15) is 0 Å². The van der Waals surface area contributed by atoms with Crippen molar-refractivity contribution in [3.8, 4) is 0 Å². The Balaban J connectivity index is 2.54. The molecule has 3 N–H and O–H groups in total. The summed E-state index contributed by atoms with van der Waals surface area (Å²) >= 11 is 0. The molecule has 1 rings (SSSR count). The number of aliphatic hydroxyl groups excluding tert-OH is 1. The molecule has 3 heteroatoms. The topological polar surface area (TPSA) is 46.2 Å². The highest BCUT2D eigenvalue weighted by Crippen LogP contribution is 2.28. The third-order valence-corrected chi connectivity index (χ3v) is 5.14. The number of aliphatic hydroxyl groups is 1. The van der Waals surface area contributed by atoms with Crippen molar-refractivity contribution in [3.63, 3.8) is 0 Å². The Morgan fingerprint density at radius 2 is 2.00 bits per heavy atom. The van der Waals surface area contributed by atoms with E-state index in [9.17, 15) is 5.11 Å². The van der Waals surface area contributed by atoms with E-state index < -0.39 is 8.07 Å². The van der Waals surface area contributed by atoms with Crippen molar-refractivity contribution in [3.05, 3.63) is 0 Å². The van der Waals surface area contributed by atoms with Gasteiger partial charge in [-0.05, 0) is 12.1 Å². The van der Waals surface area contributed by atoms with Gasteiger partial charge in [-0.25, -0.2) is 0 Å². The van der Waals surface area contributed by atoms with E-state index in [0.717, 1.165) is 12.1 Å². The first-order chi connectivity index (χ1) is 4.01. The zero-order valence-corrected chi connectivity index (χ0v) is 7.09. The van der Waals surface area contributed by atoms with Crippen LogP contribution < -0.4 is 5.73 Å². The van der Waals surface area contributed by atoms with Crippen LogP contribution in [0.25, 0.3) is 0 Å². The van der Waals surface area contributed by atoms with Crippen molar-refractivity contribution in [2.24, 2.45) is 5.73 Å². The first-order valence-electron chi connectivity index (χ1n) is 3.45. The van der Waals surface area contributed by atoms with E-state index >= 15 is 0 Å². The Bertz CT molecular complexity index is 104. The van der Waals surface area contributed by atoms with E-state index in [1.807, 2.05) is 0 Å². The van der Waals surface area contributed by atoms with Crippen LogP contribution in [0.15, 0.2) is 0 Å². The fourth-order valence-electron chi connectivity index (χ4n) is 1.57. The fourth-order valence-corrected chi connectivity index (χ4v) is 4.72. The third kappa shape index (κ3) is 1.53. The molecule has 2 atom stereocenters. The lowest BCUT2D eigenvalue weighted by Gasteiger charge is -2.11. The van der Waals surface area contributed by atoms with Crippen LogP contribution in [0.3, 0.4) is 0 Å². The molecular formula is C6H15NOSi. The number of hydrogen-bond acceptors (Lipinski definition) is 2. The molecule has 0 saturated carbocycles. The Morgan fingerprint density at radius 3 is 2.11 bits per heavy atom. The molecule has 2 nitrogen and oxygen atoms in total. The molecule has 0 spiro atoms. The average Bonchev–Trinajstić information content (AvgIpc) is 1.79. The molecule has 54 valence electrons. The van der Waals surface area contributed by atoms with E-state index in [4.69, 9.17) is 5.73 Å². The molecule has 0 aromatic rings. The Morgan fingerprint density at radius 1 is 1.44 bits per heavy atom. The van der Waals surface area contributed by atoms with E-state index in [0.29, 0.717) is 0 Å². The van der Waals surface area contributed by atoms with Gasteiger partial charge in [-0.2, -0.15) is 0 Å². The lowest BCUT2D eigenvalue weighted by molar-refractivity contribution is 0.180. The number of rotatable bonds is 0. The predicted octanol–water partition coefficient (Wildman–Crippen LogP) is 0.397. The molecular weight excluding hydrogens is 130 g/mol. The quantitative estimate of drug-likeness (QED) is 0.485. The Kier molecular flexibility index (Phi) is 1.67. The summed E-state index contributed by atoms with van der Waals surface area (Å²) in [5.41, 5.74) is 5.64. The molecule has 1 heterocycles. The van der Waals surface area contributed by atoms with Crippen molar-refractivity contribution in [2.45, 2.75) is 37.3 Å². The van der Waals surface area contributed by atoms with Gasteiger partial charge >= 0.3 is 0 Å². The SMILES string of the molecule is C[Si]1(C)C[C@@H](N)[C@H](O)C1. The highest BCUT2D eigenvalue weighted by atomic mass is 28.3. The van der Waals surface area contributed by atoms with E-state index in [-0.39, 0.29) is 12.1 Å². The van der Waals surface area contributed by atoms with Gasteiger partial charge in [-0.15, -0.1) is 0 Å². The lowest BCUT2D eigenvalue weighted by atomic mass is 10.2. The van der Waals surface area contributed by atoms with Crippen LogP contribution in [-0.4, -0.2) is 25.3 Å². The number of hydrogen-bond donors (Lipinski definition) is 2. The van der Waals surface area contributed by atoms with Crippen LogP contribution >= 0.6 is 0 Å². The minimum Gasteiger partial charge on any atom is -0.392 e. The van der Waals surface area contributed by atoms with Crippen molar-refractivity contribution in [2.75, 3.05) is 0 Å². The summed E-state index contributed by atoms with van der Waals surface area (Å²) in [5, 5.41) is 9.24. The molecule has 1 fully saturated rings. The van der Waals surface area contributed by atoms with Crippen LogP contribution in [0.2, 0.25) is 25.2 Å². The molecule has 1 saturated heterocycles. The van der Waals surface area contributed by atoms with E-state index in [1.165, 1.54) is 0 Å². The van der Waals surface area contributed by atoms with Crippen LogP contribution in [0, 0.1) is 0 Å². The van der Waals surface area contributed by atoms with Crippen LogP contribution in [0.1, 0.15) is 0 Å². The Labute approximate surface area is 57.1 Å². The van der Waals surface area contributed by atoms with Crippen molar-refractivity contribution < 1.29 is 5.11 Å². The van der Waals surface area contributed by atoms with Gasteiger partial charge in [0.15, 0.2) is 0 Å². The van der Waals surface area contributed by atoms with Crippen molar-refractivity contribution in [1.82, 2.24) is 0 Å². The minimum atomic E-state index is -1.04. The first kappa shape index (κ1) is 7.25. The van der Waals surface area contributed by atoms with Gasteiger partial charge in [0.25, 0.3) is 0 Å². The van der Waals surface area contributed by atoms with Gasteiger partial charge in [0.05, 0.1) is 14.2 Å². The average molecular weight is 145 g/mol. The molecule has 0 radical (unpaired) electrons. The molecule has 1 aliphatic heterocycles. The molecule has 0 bridgehead atoms.